The fraction of sp³-hybridized carbons (Fsp3) is 0.414. The predicted molar refractivity (Wildman–Crippen MR) is 130 cm³/mol. The minimum absolute atomic E-state index is 0.0578. The molecule has 2 aromatic carbocycles. The molecule has 0 fully saturated rings. The second-order valence-electron chi connectivity index (χ2n) is 9.37. The largest absolute Gasteiger partial charge is 0.497 e. The molecule has 2 aliphatic heterocycles. The van der Waals surface area contributed by atoms with Crippen molar-refractivity contribution in [1.82, 2.24) is 0 Å². The Kier molecular flexibility index (Phi) is 5.33. The van der Waals surface area contributed by atoms with Gasteiger partial charge in [-0.05, 0) is 50.1 Å². The van der Waals surface area contributed by atoms with Crippen molar-refractivity contribution in [2.75, 3.05) is 13.2 Å². The maximum atomic E-state index is 6.54. The van der Waals surface area contributed by atoms with Gasteiger partial charge >= 0.3 is 0 Å². The molecule has 3 aromatic rings. The average molecular weight is 429 g/mol. The van der Waals surface area contributed by atoms with Gasteiger partial charge in [0.2, 0.25) is 11.2 Å². The van der Waals surface area contributed by atoms with Crippen LogP contribution < -0.4 is 4.57 Å². The van der Waals surface area contributed by atoms with Crippen molar-refractivity contribution in [1.29, 1.82) is 0 Å². The van der Waals surface area contributed by atoms with E-state index in [-0.39, 0.29) is 17.1 Å². The summed E-state index contributed by atoms with van der Waals surface area (Å²) in [5.74, 6) is 0.950. The lowest BCUT2D eigenvalue weighted by Crippen LogP contribution is -2.71. The summed E-state index contributed by atoms with van der Waals surface area (Å²) in [4.78, 5) is 0. The van der Waals surface area contributed by atoms with Crippen molar-refractivity contribution >= 4 is 10.9 Å². The summed E-state index contributed by atoms with van der Waals surface area (Å²) in [7, 11) is 0. The van der Waals surface area contributed by atoms with Crippen LogP contribution in [0.15, 0.2) is 72.5 Å². The number of aromatic nitrogens is 1. The van der Waals surface area contributed by atoms with Crippen LogP contribution in [0.4, 0.5) is 0 Å². The van der Waals surface area contributed by atoms with Crippen molar-refractivity contribution in [2.24, 2.45) is 0 Å². The summed E-state index contributed by atoms with van der Waals surface area (Å²) in [6.07, 6.45) is 5.12. The van der Waals surface area contributed by atoms with Crippen LogP contribution in [0.3, 0.4) is 0 Å². The highest BCUT2D eigenvalue weighted by molar-refractivity contribution is 5.79. The van der Waals surface area contributed by atoms with Gasteiger partial charge in [-0.2, -0.15) is 4.57 Å². The topological polar surface area (TPSA) is 22.3 Å². The van der Waals surface area contributed by atoms with Crippen molar-refractivity contribution in [3.05, 3.63) is 78.1 Å². The number of nitrogens with zero attached hydrogens (tertiary/aromatic N) is 1. The Morgan fingerprint density at radius 3 is 2.53 bits per heavy atom. The molecule has 0 amide bonds. The maximum Gasteiger partial charge on any atom is 0.213 e. The number of pyridine rings is 1. The molecule has 0 aliphatic carbocycles. The smallest absolute Gasteiger partial charge is 0.213 e. The number of ether oxygens (including phenoxy) is 2. The zero-order chi connectivity index (χ0) is 22.3. The van der Waals surface area contributed by atoms with Crippen molar-refractivity contribution in [3.8, 4) is 11.3 Å². The lowest BCUT2D eigenvalue weighted by molar-refractivity contribution is -0.748. The van der Waals surface area contributed by atoms with Gasteiger partial charge in [0.05, 0.1) is 22.8 Å². The second-order valence-corrected chi connectivity index (χ2v) is 9.37. The minimum atomic E-state index is -0.200. The Morgan fingerprint density at radius 2 is 1.72 bits per heavy atom. The maximum absolute atomic E-state index is 6.54. The minimum Gasteiger partial charge on any atom is -0.497 e. The molecule has 0 N–H and O–H groups in total. The standard InChI is InChI=1S/C29H34NO2/c1-5-29(6-2)28(17-18-31-21(3)19-22(4)32-20-28)25-13-9-8-12-24(25)27-16-15-23-11-7-10-14-26(23)30(27)29/h7-16,19,21H,5-6,17-18,20H2,1-4H3/q+1. The molecular weight excluding hydrogens is 394 g/mol. The molecule has 1 aromatic heterocycles. The van der Waals surface area contributed by atoms with E-state index in [2.05, 4.69) is 99.0 Å². The molecule has 2 aliphatic rings. The van der Waals surface area contributed by atoms with Crippen molar-refractivity contribution in [3.63, 3.8) is 0 Å². The Hall–Kier alpha value is -2.65. The Bertz CT molecular complexity index is 1180. The summed E-state index contributed by atoms with van der Waals surface area (Å²) < 4.78 is 15.5. The molecule has 2 unspecified atom stereocenters. The number of hydrogen-bond acceptors (Lipinski definition) is 2. The number of fused-ring (bicyclic) bond motifs is 6. The van der Waals surface area contributed by atoms with Crippen molar-refractivity contribution < 1.29 is 14.0 Å². The first-order valence-corrected chi connectivity index (χ1v) is 12.0. The van der Waals surface area contributed by atoms with Gasteiger partial charge in [-0.1, -0.05) is 44.2 Å². The van der Waals surface area contributed by atoms with Gasteiger partial charge in [-0.3, -0.25) is 0 Å². The molecule has 3 heteroatoms. The van der Waals surface area contributed by atoms with E-state index in [0.29, 0.717) is 13.2 Å². The SMILES string of the molecule is CCC1(CC)[n+]2c(ccc3ccccc32)-c2ccccc2C12CCOC(C)C=C(C)OC2. The molecule has 166 valence electrons. The Labute approximate surface area is 191 Å². The van der Waals surface area contributed by atoms with Gasteiger partial charge < -0.3 is 9.47 Å². The first kappa shape index (κ1) is 21.2. The third kappa shape index (κ3) is 2.94. The molecule has 0 radical (unpaired) electrons. The van der Waals surface area contributed by atoms with E-state index in [1.54, 1.807) is 0 Å². The van der Waals surface area contributed by atoms with E-state index < -0.39 is 0 Å². The summed E-state index contributed by atoms with van der Waals surface area (Å²) in [5, 5.41) is 1.28. The quantitative estimate of drug-likeness (QED) is 0.448. The van der Waals surface area contributed by atoms with Crippen LogP contribution in [0, 0.1) is 0 Å². The van der Waals surface area contributed by atoms with Crippen molar-refractivity contribution in [2.45, 2.75) is 64.0 Å². The van der Waals surface area contributed by atoms with Gasteiger partial charge in [0.25, 0.3) is 0 Å². The molecule has 0 saturated heterocycles. The summed E-state index contributed by atoms with van der Waals surface area (Å²) in [6.45, 7) is 10.2. The first-order chi connectivity index (χ1) is 15.6. The van der Waals surface area contributed by atoms with Crippen LogP contribution in [0.1, 0.15) is 52.5 Å². The Balaban J connectivity index is 1.87. The lowest BCUT2D eigenvalue weighted by atomic mass is 9.57. The number of allylic oxidation sites excluding steroid dienone is 1. The monoisotopic (exact) mass is 428 g/mol. The summed E-state index contributed by atoms with van der Waals surface area (Å²) in [6, 6.07) is 22.3. The molecule has 0 saturated carbocycles. The van der Waals surface area contributed by atoms with E-state index >= 15 is 0 Å². The number of rotatable bonds is 2. The normalized spacial score (nSPS) is 24.5. The molecular formula is C29H34NO2+. The molecule has 3 heterocycles. The fourth-order valence-corrected chi connectivity index (χ4v) is 6.44. The fourth-order valence-electron chi connectivity index (χ4n) is 6.44. The highest BCUT2D eigenvalue weighted by atomic mass is 16.5. The zero-order valence-corrected chi connectivity index (χ0v) is 19.7. The number of benzene rings is 2. The van der Waals surface area contributed by atoms with E-state index in [1.807, 2.05) is 0 Å². The second kappa shape index (κ2) is 8.04. The predicted octanol–water partition coefficient (Wildman–Crippen LogP) is 6.29. The van der Waals surface area contributed by atoms with Gasteiger partial charge in [0.15, 0.2) is 5.54 Å². The molecule has 0 bridgehead atoms. The van der Waals surface area contributed by atoms with E-state index in [1.165, 1.54) is 27.7 Å². The molecule has 2 atom stereocenters. The van der Waals surface area contributed by atoms with Crippen LogP contribution in [0.25, 0.3) is 22.2 Å². The Morgan fingerprint density at radius 1 is 0.969 bits per heavy atom. The van der Waals surface area contributed by atoms with E-state index in [4.69, 9.17) is 9.47 Å². The van der Waals surface area contributed by atoms with Crippen LogP contribution >= 0.6 is 0 Å². The van der Waals surface area contributed by atoms with Gasteiger partial charge in [-0.15, -0.1) is 0 Å². The van der Waals surface area contributed by atoms with E-state index in [0.717, 1.165) is 25.0 Å². The van der Waals surface area contributed by atoms with Gasteiger partial charge in [0, 0.05) is 37.0 Å². The van der Waals surface area contributed by atoms with E-state index in [9.17, 15) is 0 Å². The van der Waals surface area contributed by atoms with Crippen LogP contribution in [-0.2, 0) is 20.4 Å². The number of hydrogen-bond donors (Lipinski definition) is 0. The number of para-hydroxylation sites is 1. The van der Waals surface area contributed by atoms with Crippen LogP contribution in [-0.4, -0.2) is 19.3 Å². The first-order valence-electron chi connectivity index (χ1n) is 12.0. The molecule has 3 nitrogen and oxygen atoms in total. The third-order valence-corrected chi connectivity index (χ3v) is 7.97. The third-order valence-electron chi connectivity index (χ3n) is 7.97. The zero-order valence-electron chi connectivity index (χ0n) is 19.7. The summed E-state index contributed by atoms with van der Waals surface area (Å²) >= 11 is 0. The average Bonchev–Trinajstić information content (AvgIpc) is 2.89. The highest BCUT2D eigenvalue weighted by Crippen LogP contribution is 2.52. The molecule has 1 spiro atoms. The van der Waals surface area contributed by atoms with Gasteiger partial charge in [-0.25, -0.2) is 0 Å². The van der Waals surface area contributed by atoms with Crippen LogP contribution in [0.5, 0.6) is 0 Å². The van der Waals surface area contributed by atoms with Crippen LogP contribution in [0.2, 0.25) is 0 Å². The summed E-state index contributed by atoms with van der Waals surface area (Å²) in [5.41, 5.74) is 4.97. The highest BCUT2D eigenvalue weighted by Gasteiger charge is 2.62. The molecule has 32 heavy (non-hydrogen) atoms. The van der Waals surface area contributed by atoms with Gasteiger partial charge in [0.1, 0.15) is 6.61 Å². The molecule has 5 rings (SSSR count). The lowest BCUT2D eigenvalue weighted by Gasteiger charge is -2.49.